The lowest BCUT2D eigenvalue weighted by Crippen LogP contribution is -2.43. The first-order chi connectivity index (χ1) is 7.84. The van der Waals surface area contributed by atoms with E-state index in [0.717, 1.165) is 38.4 Å². The van der Waals surface area contributed by atoms with Gasteiger partial charge in [0.05, 0.1) is 6.54 Å². The highest BCUT2D eigenvalue weighted by Crippen LogP contribution is 2.18. The lowest BCUT2D eigenvalue weighted by molar-refractivity contribution is -0.142. The number of aromatic nitrogens is 2. The zero-order valence-corrected chi connectivity index (χ0v) is 9.13. The van der Waals surface area contributed by atoms with Crippen molar-refractivity contribution in [3.63, 3.8) is 0 Å². The Bertz CT molecular complexity index is 396. The summed E-state index contributed by atoms with van der Waals surface area (Å²) in [6, 6.07) is 0. The van der Waals surface area contributed by atoms with E-state index in [2.05, 4.69) is 9.55 Å². The van der Waals surface area contributed by atoms with Gasteiger partial charge in [0.15, 0.2) is 0 Å². The Kier molecular flexibility index (Phi) is 2.40. The molecular formula is C11H15N3O2. The molecular weight excluding hydrogens is 206 g/mol. The second-order valence-electron chi connectivity index (χ2n) is 4.30. The Hall–Kier alpha value is -1.36. The molecule has 2 aliphatic rings. The Morgan fingerprint density at radius 3 is 3.25 bits per heavy atom. The third kappa shape index (κ3) is 1.61. The van der Waals surface area contributed by atoms with Crippen molar-refractivity contribution in [3.05, 3.63) is 18.2 Å². The average molecular weight is 221 g/mol. The van der Waals surface area contributed by atoms with Crippen molar-refractivity contribution in [2.45, 2.75) is 32.0 Å². The van der Waals surface area contributed by atoms with Crippen LogP contribution in [-0.2, 0) is 22.6 Å². The van der Waals surface area contributed by atoms with Crippen LogP contribution >= 0.6 is 0 Å². The first-order valence-corrected chi connectivity index (χ1v) is 5.75. The van der Waals surface area contributed by atoms with Gasteiger partial charge >= 0.3 is 0 Å². The van der Waals surface area contributed by atoms with Gasteiger partial charge in [-0.2, -0.15) is 0 Å². The lowest BCUT2D eigenvalue weighted by atomic mass is 10.2. The largest absolute Gasteiger partial charge is 0.368 e. The normalized spacial score (nSPS) is 24.5. The van der Waals surface area contributed by atoms with Crippen LogP contribution in [0.25, 0.3) is 0 Å². The number of carbonyl (C=O) groups excluding carboxylic acids is 1. The molecule has 0 bridgehead atoms. The molecule has 16 heavy (non-hydrogen) atoms. The molecule has 1 unspecified atom stereocenters. The predicted molar refractivity (Wildman–Crippen MR) is 56.6 cm³/mol. The zero-order chi connectivity index (χ0) is 11.0. The smallest absolute Gasteiger partial charge is 0.252 e. The number of nitrogens with zero attached hydrogens (tertiary/aromatic N) is 3. The fraction of sp³-hybridized carbons (Fsp3) is 0.636. The van der Waals surface area contributed by atoms with Crippen LogP contribution in [0.4, 0.5) is 0 Å². The molecule has 1 atom stereocenters. The molecule has 1 aromatic rings. The van der Waals surface area contributed by atoms with Gasteiger partial charge in [-0.15, -0.1) is 0 Å². The molecule has 5 nitrogen and oxygen atoms in total. The van der Waals surface area contributed by atoms with Crippen LogP contribution in [0.1, 0.15) is 18.7 Å². The van der Waals surface area contributed by atoms with E-state index < -0.39 is 0 Å². The Morgan fingerprint density at radius 2 is 2.44 bits per heavy atom. The Labute approximate surface area is 94.0 Å². The summed E-state index contributed by atoms with van der Waals surface area (Å²) in [5.41, 5.74) is 0. The third-order valence-electron chi connectivity index (χ3n) is 3.26. The number of hydrogen-bond donors (Lipinski definition) is 0. The lowest BCUT2D eigenvalue weighted by Gasteiger charge is -2.29. The van der Waals surface area contributed by atoms with Gasteiger partial charge in [-0.1, -0.05) is 0 Å². The number of amides is 1. The average Bonchev–Trinajstić information content (AvgIpc) is 2.98. The van der Waals surface area contributed by atoms with E-state index in [1.165, 1.54) is 0 Å². The minimum absolute atomic E-state index is 0.131. The first kappa shape index (κ1) is 9.84. The SMILES string of the molecule is O=C(C1CCCO1)N1CCn2ccnc2C1. The summed E-state index contributed by atoms with van der Waals surface area (Å²) in [5.74, 6) is 1.10. The Balaban J connectivity index is 1.71. The molecule has 2 aliphatic heterocycles. The molecule has 3 rings (SSSR count). The molecule has 0 aliphatic carbocycles. The monoisotopic (exact) mass is 221 g/mol. The van der Waals surface area contributed by atoms with Gasteiger partial charge in [-0.05, 0) is 12.8 Å². The molecule has 1 fully saturated rings. The van der Waals surface area contributed by atoms with Gasteiger partial charge in [0.1, 0.15) is 11.9 Å². The maximum atomic E-state index is 12.1. The highest BCUT2D eigenvalue weighted by molar-refractivity contribution is 5.81. The minimum Gasteiger partial charge on any atom is -0.368 e. The van der Waals surface area contributed by atoms with Crippen molar-refractivity contribution in [1.82, 2.24) is 14.5 Å². The highest BCUT2D eigenvalue weighted by atomic mass is 16.5. The number of carbonyl (C=O) groups is 1. The predicted octanol–water partition coefficient (Wildman–Crippen LogP) is 0.404. The molecule has 0 radical (unpaired) electrons. The van der Waals surface area contributed by atoms with Crippen LogP contribution in [0.2, 0.25) is 0 Å². The molecule has 0 spiro atoms. The van der Waals surface area contributed by atoms with Crippen LogP contribution in [0, 0.1) is 0 Å². The van der Waals surface area contributed by atoms with Gasteiger partial charge in [0, 0.05) is 32.1 Å². The fourth-order valence-electron chi connectivity index (χ4n) is 2.34. The molecule has 5 heteroatoms. The summed E-state index contributed by atoms with van der Waals surface area (Å²) in [6.07, 6.45) is 5.41. The molecule has 0 saturated carbocycles. The van der Waals surface area contributed by atoms with E-state index in [1.807, 2.05) is 11.1 Å². The van der Waals surface area contributed by atoms with Gasteiger partial charge in [0.2, 0.25) is 0 Å². The summed E-state index contributed by atoms with van der Waals surface area (Å²) in [6.45, 7) is 2.94. The Morgan fingerprint density at radius 1 is 1.50 bits per heavy atom. The van der Waals surface area contributed by atoms with Gasteiger partial charge in [-0.25, -0.2) is 4.98 Å². The standard InChI is InChI=1S/C11H15N3O2/c15-11(9-2-1-7-16-9)14-6-5-13-4-3-12-10(13)8-14/h3-4,9H,1-2,5-8H2. The van der Waals surface area contributed by atoms with Crippen molar-refractivity contribution in [3.8, 4) is 0 Å². The van der Waals surface area contributed by atoms with E-state index in [0.29, 0.717) is 6.54 Å². The molecule has 0 aromatic carbocycles. The molecule has 1 saturated heterocycles. The minimum atomic E-state index is -0.207. The molecule has 3 heterocycles. The number of fused-ring (bicyclic) bond motifs is 1. The highest BCUT2D eigenvalue weighted by Gasteiger charge is 2.30. The molecule has 86 valence electrons. The van der Waals surface area contributed by atoms with Crippen LogP contribution in [0.15, 0.2) is 12.4 Å². The summed E-state index contributed by atoms with van der Waals surface area (Å²) < 4.78 is 7.52. The van der Waals surface area contributed by atoms with Crippen molar-refractivity contribution in [1.29, 1.82) is 0 Å². The van der Waals surface area contributed by atoms with E-state index in [4.69, 9.17) is 4.74 Å². The van der Waals surface area contributed by atoms with Crippen LogP contribution in [0.5, 0.6) is 0 Å². The van der Waals surface area contributed by atoms with Crippen molar-refractivity contribution < 1.29 is 9.53 Å². The van der Waals surface area contributed by atoms with Crippen molar-refractivity contribution >= 4 is 5.91 Å². The molecule has 1 aromatic heterocycles. The summed E-state index contributed by atoms with van der Waals surface area (Å²) in [5, 5.41) is 0. The molecule has 1 amide bonds. The first-order valence-electron chi connectivity index (χ1n) is 5.75. The molecule has 0 N–H and O–H groups in total. The van der Waals surface area contributed by atoms with Crippen LogP contribution in [-0.4, -0.2) is 39.6 Å². The quantitative estimate of drug-likeness (QED) is 0.690. The van der Waals surface area contributed by atoms with E-state index in [-0.39, 0.29) is 12.0 Å². The second-order valence-corrected chi connectivity index (χ2v) is 4.30. The summed E-state index contributed by atoms with van der Waals surface area (Å²) in [4.78, 5) is 18.2. The van der Waals surface area contributed by atoms with Gasteiger partial charge < -0.3 is 14.2 Å². The summed E-state index contributed by atoms with van der Waals surface area (Å²) in [7, 11) is 0. The summed E-state index contributed by atoms with van der Waals surface area (Å²) >= 11 is 0. The van der Waals surface area contributed by atoms with Crippen LogP contribution < -0.4 is 0 Å². The van der Waals surface area contributed by atoms with Gasteiger partial charge in [0.25, 0.3) is 5.91 Å². The third-order valence-corrected chi connectivity index (χ3v) is 3.26. The van der Waals surface area contributed by atoms with E-state index in [9.17, 15) is 4.79 Å². The number of rotatable bonds is 1. The van der Waals surface area contributed by atoms with E-state index >= 15 is 0 Å². The second kappa shape index (κ2) is 3.90. The maximum absolute atomic E-state index is 12.1. The van der Waals surface area contributed by atoms with Crippen LogP contribution in [0.3, 0.4) is 0 Å². The maximum Gasteiger partial charge on any atom is 0.252 e. The number of imidazole rings is 1. The zero-order valence-electron chi connectivity index (χ0n) is 9.13. The topological polar surface area (TPSA) is 47.4 Å². The van der Waals surface area contributed by atoms with Gasteiger partial charge in [-0.3, -0.25) is 4.79 Å². The number of hydrogen-bond acceptors (Lipinski definition) is 3. The van der Waals surface area contributed by atoms with Crippen molar-refractivity contribution in [2.75, 3.05) is 13.2 Å². The van der Waals surface area contributed by atoms with E-state index in [1.54, 1.807) is 6.20 Å². The fourth-order valence-corrected chi connectivity index (χ4v) is 2.34. The number of ether oxygens (including phenoxy) is 1. The van der Waals surface area contributed by atoms with Crippen molar-refractivity contribution in [2.24, 2.45) is 0 Å².